The minimum absolute atomic E-state index is 0.0129. The van der Waals surface area contributed by atoms with Gasteiger partial charge in [-0.2, -0.15) is 0 Å². The van der Waals surface area contributed by atoms with Gasteiger partial charge in [0.25, 0.3) is 0 Å². The third kappa shape index (κ3) is 5.62. The van der Waals surface area contributed by atoms with Gasteiger partial charge in [0.1, 0.15) is 0 Å². The number of para-hydroxylation sites is 1. The Morgan fingerprint density at radius 1 is 1.00 bits per heavy atom. The molecule has 6 nitrogen and oxygen atoms in total. The smallest absolute Gasteiger partial charge is 0.230 e. The number of aromatic nitrogens is 4. The van der Waals surface area contributed by atoms with Crippen LogP contribution in [0.2, 0.25) is 0 Å². The van der Waals surface area contributed by atoms with Crippen molar-refractivity contribution in [2.45, 2.75) is 31.0 Å². The normalized spacial score (nSPS) is 11.8. The maximum atomic E-state index is 12.6. The topological polar surface area (TPSA) is 72.7 Å². The van der Waals surface area contributed by atoms with Crippen LogP contribution in [0.15, 0.2) is 90.3 Å². The zero-order chi connectivity index (χ0) is 22.2. The van der Waals surface area contributed by atoms with E-state index < -0.39 is 0 Å². The molecular weight excluding hydrogens is 418 g/mol. The van der Waals surface area contributed by atoms with Crippen LogP contribution in [0.1, 0.15) is 18.9 Å². The number of hydrogen-bond acceptors (Lipinski definition) is 5. The first kappa shape index (κ1) is 21.8. The van der Waals surface area contributed by atoms with Gasteiger partial charge in [0, 0.05) is 29.7 Å². The molecule has 1 atom stereocenters. The van der Waals surface area contributed by atoms with Gasteiger partial charge in [0.05, 0.1) is 5.75 Å². The number of aryl methyl sites for hydroxylation is 1. The van der Waals surface area contributed by atoms with Gasteiger partial charge in [-0.05, 0) is 49.6 Å². The quantitative estimate of drug-likeness (QED) is 0.384. The van der Waals surface area contributed by atoms with Crippen LogP contribution < -0.4 is 5.32 Å². The molecule has 0 aliphatic rings. The Bertz CT molecular complexity index is 1130. The zero-order valence-electron chi connectivity index (χ0n) is 17.9. The molecule has 0 saturated heterocycles. The summed E-state index contributed by atoms with van der Waals surface area (Å²) in [7, 11) is 0. The van der Waals surface area contributed by atoms with Crippen molar-refractivity contribution in [3.8, 4) is 17.1 Å². The summed E-state index contributed by atoms with van der Waals surface area (Å²) in [6.07, 6.45) is 5.32. The van der Waals surface area contributed by atoms with Crippen molar-refractivity contribution in [3.63, 3.8) is 0 Å². The summed E-state index contributed by atoms with van der Waals surface area (Å²) < 4.78 is 1.97. The number of nitrogens with one attached hydrogen (secondary N) is 1. The zero-order valence-corrected chi connectivity index (χ0v) is 18.7. The van der Waals surface area contributed by atoms with E-state index in [1.807, 2.05) is 72.2 Å². The van der Waals surface area contributed by atoms with Crippen molar-refractivity contribution in [2.24, 2.45) is 0 Å². The van der Waals surface area contributed by atoms with Gasteiger partial charge in [-0.15, -0.1) is 10.2 Å². The number of benzene rings is 2. The molecule has 0 spiro atoms. The molecule has 0 bridgehead atoms. The van der Waals surface area contributed by atoms with Gasteiger partial charge in [-0.25, -0.2) is 0 Å². The first-order valence-corrected chi connectivity index (χ1v) is 11.6. The number of nitrogens with zero attached hydrogens (tertiary/aromatic N) is 4. The standard InChI is InChI=1S/C25H25N5OS/c1-19(14-15-20-9-4-2-5-10-20)27-23(31)18-32-25-29-28-24(21-11-8-16-26-17-21)30(25)22-12-6-3-7-13-22/h2-13,16-17,19H,14-15,18H2,1H3,(H,27,31). The second-order valence-corrected chi connectivity index (χ2v) is 8.44. The highest BCUT2D eigenvalue weighted by atomic mass is 32.2. The predicted molar refractivity (Wildman–Crippen MR) is 128 cm³/mol. The van der Waals surface area contributed by atoms with E-state index in [9.17, 15) is 4.79 Å². The minimum atomic E-state index is -0.0129. The van der Waals surface area contributed by atoms with Crippen molar-refractivity contribution < 1.29 is 4.79 Å². The molecule has 0 radical (unpaired) electrons. The lowest BCUT2D eigenvalue weighted by molar-refractivity contribution is -0.119. The highest BCUT2D eigenvalue weighted by Crippen LogP contribution is 2.27. The number of amides is 1. The van der Waals surface area contributed by atoms with E-state index in [-0.39, 0.29) is 17.7 Å². The molecule has 4 rings (SSSR count). The lowest BCUT2D eigenvalue weighted by Crippen LogP contribution is -2.34. The molecule has 2 heterocycles. The Hall–Kier alpha value is -3.45. The largest absolute Gasteiger partial charge is 0.353 e. The number of thioether (sulfide) groups is 1. The van der Waals surface area contributed by atoms with Crippen LogP contribution in [-0.2, 0) is 11.2 Å². The van der Waals surface area contributed by atoms with E-state index in [0.29, 0.717) is 11.0 Å². The maximum absolute atomic E-state index is 12.6. The Morgan fingerprint density at radius 2 is 1.75 bits per heavy atom. The van der Waals surface area contributed by atoms with Crippen LogP contribution in [-0.4, -0.2) is 37.5 Å². The van der Waals surface area contributed by atoms with Crippen LogP contribution in [0.5, 0.6) is 0 Å². The number of hydrogen-bond donors (Lipinski definition) is 1. The molecule has 2 aromatic heterocycles. The van der Waals surface area contributed by atoms with Gasteiger partial charge in [-0.3, -0.25) is 14.3 Å². The number of pyridine rings is 1. The van der Waals surface area contributed by atoms with E-state index in [0.717, 1.165) is 24.1 Å². The molecule has 2 aromatic carbocycles. The van der Waals surface area contributed by atoms with Crippen LogP contribution in [0, 0.1) is 0 Å². The maximum Gasteiger partial charge on any atom is 0.230 e. The summed E-state index contributed by atoms with van der Waals surface area (Å²) in [5.41, 5.74) is 3.09. The van der Waals surface area contributed by atoms with Crippen molar-refractivity contribution in [1.82, 2.24) is 25.1 Å². The molecule has 0 aliphatic heterocycles. The molecular formula is C25H25N5OS. The van der Waals surface area contributed by atoms with Crippen LogP contribution >= 0.6 is 11.8 Å². The Kier molecular flexibility index (Phi) is 7.30. The van der Waals surface area contributed by atoms with Crippen molar-refractivity contribution in [3.05, 3.63) is 90.8 Å². The van der Waals surface area contributed by atoms with Crippen molar-refractivity contribution in [2.75, 3.05) is 5.75 Å². The summed E-state index contributed by atoms with van der Waals surface area (Å²) in [6.45, 7) is 2.04. The first-order valence-electron chi connectivity index (χ1n) is 10.6. The monoisotopic (exact) mass is 443 g/mol. The van der Waals surface area contributed by atoms with Gasteiger partial charge < -0.3 is 5.32 Å². The fourth-order valence-electron chi connectivity index (χ4n) is 3.40. The van der Waals surface area contributed by atoms with Crippen molar-refractivity contribution in [1.29, 1.82) is 0 Å². The Morgan fingerprint density at radius 3 is 2.47 bits per heavy atom. The Labute approximate surface area is 192 Å². The molecule has 1 amide bonds. The summed E-state index contributed by atoms with van der Waals surface area (Å²) in [5.74, 6) is 0.956. The van der Waals surface area contributed by atoms with Gasteiger partial charge in [0.2, 0.25) is 5.91 Å². The Balaban J connectivity index is 1.42. The van der Waals surface area contributed by atoms with Crippen molar-refractivity contribution >= 4 is 17.7 Å². The number of carbonyl (C=O) groups excluding carboxylic acids is 1. The molecule has 0 fully saturated rings. The van der Waals surface area contributed by atoms with Crippen LogP contribution in [0.25, 0.3) is 17.1 Å². The predicted octanol–water partition coefficient (Wildman–Crippen LogP) is 4.56. The molecule has 32 heavy (non-hydrogen) atoms. The number of carbonyl (C=O) groups is 1. The fraction of sp³-hybridized carbons (Fsp3) is 0.200. The lowest BCUT2D eigenvalue weighted by atomic mass is 10.1. The molecule has 162 valence electrons. The van der Waals surface area contributed by atoms with E-state index in [4.69, 9.17) is 0 Å². The second-order valence-electron chi connectivity index (χ2n) is 7.50. The average molecular weight is 444 g/mol. The van der Waals surface area contributed by atoms with Gasteiger partial charge in [-0.1, -0.05) is 60.3 Å². The van der Waals surface area contributed by atoms with E-state index >= 15 is 0 Å². The summed E-state index contributed by atoms with van der Waals surface area (Å²) in [6, 6.07) is 24.1. The number of rotatable bonds is 9. The average Bonchev–Trinajstić information content (AvgIpc) is 3.27. The molecule has 0 saturated carbocycles. The molecule has 1 unspecified atom stereocenters. The van der Waals surface area contributed by atoms with Crippen LogP contribution in [0.3, 0.4) is 0 Å². The lowest BCUT2D eigenvalue weighted by Gasteiger charge is -2.14. The summed E-state index contributed by atoms with van der Waals surface area (Å²) >= 11 is 1.38. The third-order valence-corrected chi connectivity index (χ3v) is 5.95. The highest BCUT2D eigenvalue weighted by molar-refractivity contribution is 7.99. The first-order chi connectivity index (χ1) is 15.7. The highest BCUT2D eigenvalue weighted by Gasteiger charge is 2.17. The minimum Gasteiger partial charge on any atom is -0.353 e. The molecule has 4 aromatic rings. The molecule has 7 heteroatoms. The van der Waals surface area contributed by atoms with E-state index in [2.05, 4.69) is 32.6 Å². The van der Waals surface area contributed by atoms with Gasteiger partial charge in [0.15, 0.2) is 11.0 Å². The van der Waals surface area contributed by atoms with Crippen LogP contribution in [0.4, 0.5) is 0 Å². The second kappa shape index (κ2) is 10.7. The SMILES string of the molecule is CC(CCc1ccccc1)NC(=O)CSc1nnc(-c2cccnc2)n1-c1ccccc1. The fourth-order valence-corrected chi connectivity index (χ4v) is 4.16. The van der Waals surface area contributed by atoms with Gasteiger partial charge >= 0.3 is 0 Å². The summed E-state index contributed by atoms with van der Waals surface area (Å²) in [5, 5.41) is 12.5. The molecule has 0 aliphatic carbocycles. The molecule has 1 N–H and O–H groups in total. The van der Waals surface area contributed by atoms with E-state index in [1.54, 1.807) is 12.4 Å². The van der Waals surface area contributed by atoms with E-state index in [1.165, 1.54) is 17.3 Å². The summed E-state index contributed by atoms with van der Waals surface area (Å²) in [4.78, 5) is 16.8. The third-order valence-electron chi connectivity index (χ3n) is 5.02.